The fourth-order valence-corrected chi connectivity index (χ4v) is 9.80. The predicted molar refractivity (Wildman–Crippen MR) is 228 cm³/mol. The fourth-order valence-electron chi connectivity index (χ4n) is 9.80. The Hall–Kier alpha value is -5.50. The maximum atomic E-state index is 14.9. The third-order valence-electron chi connectivity index (χ3n) is 13.0. The van der Waals surface area contributed by atoms with Crippen LogP contribution in [0.2, 0.25) is 0 Å². The number of carbonyl (C=O) groups is 3. The number of rotatable bonds is 12. The molecule has 13 heteroatoms. The molecule has 0 bridgehead atoms. The summed E-state index contributed by atoms with van der Waals surface area (Å²) in [6.45, 7) is 9.42. The van der Waals surface area contributed by atoms with E-state index in [2.05, 4.69) is 81.5 Å². The summed E-state index contributed by atoms with van der Waals surface area (Å²) < 4.78 is 17.0. The molecule has 3 fully saturated rings. The van der Waals surface area contributed by atoms with Crippen molar-refractivity contribution in [1.29, 1.82) is 0 Å². The quantitative estimate of drug-likeness (QED) is 0.123. The van der Waals surface area contributed by atoms with Gasteiger partial charge in [-0.15, -0.1) is 0 Å². The van der Waals surface area contributed by atoms with E-state index in [1.165, 1.54) is 16.5 Å². The van der Waals surface area contributed by atoms with E-state index in [-0.39, 0.29) is 43.7 Å². The number of unbranched alkanes of at least 4 members (excludes halogenated alkanes) is 1. The number of carbonyl (C=O) groups excluding carboxylic acids is 3. The van der Waals surface area contributed by atoms with Crippen LogP contribution in [0.4, 0.5) is 10.2 Å². The van der Waals surface area contributed by atoms with Crippen LogP contribution in [0.5, 0.6) is 0 Å². The molecule has 4 aliphatic rings. The zero-order chi connectivity index (χ0) is 41.3. The van der Waals surface area contributed by atoms with Crippen molar-refractivity contribution >= 4 is 29.2 Å². The van der Waals surface area contributed by atoms with Gasteiger partial charge in [0.2, 0.25) is 11.8 Å². The van der Waals surface area contributed by atoms with Crippen molar-refractivity contribution < 1.29 is 23.9 Å². The van der Waals surface area contributed by atoms with Crippen molar-refractivity contribution in [2.75, 3.05) is 63.9 Å². The number of halogens is 1. The van der Waals surface area contributed by atoms with Crippen LogP contribution in [0.25, 0.3) is 28.0 Å². The molecular formula is C47H53FN8O4. The molecule has 0 saturated carbocycles. The molecular weight excluding hydrogens is 760 g/mol. The Morgan fingerprint density at radius 1 is 0.833 bits per heavy atom. The number of nitrogens with one attached hydrogen (secondary N) is 1. The van der Waals surface area contributed by atoms with E-state index in [0.717, 1.165) is 129 Å². The minimum Gasteiger partial charge on any atom is -0.395 e. The van der Waals surface area contributed by atoms with E-state index in [9.17, 15) is 23.9 Å². The molecule has 0 radical (unpaired) electrons. The molecule has 0 aliphatic carbocycles. The van der Waals surface area contributed by atoms with Crippen LogP contribution in [0.1, 0.15) is 77.2 Å². The summed E-state index contributed by atoms with van der Waals surface area (Å²) in [6.07, 6.45) is 5.30. The fraction of sp³-hybridized carbons (Fsp3) is 0.426. The van der Waals surface area contributed by atoms with Crippen molar-refractivity contribution in [1.82, 2.24) is 34.6 Å². The third-order valence-corrected chi connectivity index (χ3v) is 13.0. The highest BCUT2D eigenvalue weighted by Crippen LogP contribution is 2.38. The Balaban J connectivity index is 0.842. The molecule has 5 aromatic rings. The lowest BCUT2D eigenvalue weighted by Gasteiger charge is -2.35. The number of anilines is 1. The zero-order valence-electron chi connectivity index (χ0n) is 34.3. The molecule has 3 saturated heterocycles. The van der Waals surface area contributed by atoms with Gasteiger partial charge >= 0.3 is 0 Å². The normalized spacial score (nSPS) is 19.4. The van der Waals surface area contributed by atoms with Gasteiger partial charge in [-0.2, -0.15) is 9.61 Å². The first-order valence-electron chi connectivity index (χ1n) is 21.6. The molecule has 1 unspecified atom stereocenters. The molecule has 1 atom stereocenters. The smallest absolute Gasteiger partial charge is 0.255 e. The number of hydrogen-bond donors (Lipinski definition) is 2. The van der Waals surface area contributed by atoms with Crippen LogP contribution >= 0.6 is 0 Å². The molecule has 312 valence electrons. The number of aliphatic hydroxyl groups is 1. The van der Waals surface area contributed by atoms with Crippen molar-refractivity contribution in [3.63, 3.8) is 0 Å². The Kier molecular flexibility index (Phi) is 11.5. The number of benzene rings is 3. The number of amides is 3. The van der Waals surface area contributed by atoms with E-state index in [4.69, 9.17) is 10.1 Å². The molecule has 12 nitrogen and oxygen atoms in total. The number of nitrogens with zero attached hydrogens (tertiary/aromatic N) is 7. The van der Waals surface area contributed by atoms with Gasteiger partial charge in [-0.25, -0.2) is 9.37 Å². The lowest BCUT2D eigenvalue weighted by molar-refractivity contribution is -0.136. The van der Waals surface area contributed by atoms with Crippen LogP contribution in [0.3, 0.4) is 0 Å². The first-order chi connectivity index (χ1) is 29.2. The maximum absolute atomic E-state index is 14.9. The average Bonchev–Trinajstić information content (AvgIpc) is 3.77. The van der Waals surface area contributed by atoms with Crippen LogP contribution in [-0.2, 0) is 22.6 Å². The second kappa shape index (κ2) is 17.2. The second-order valence-electron chi connectivity index (χ2n) is 16.8. The van der Waals surface area contributed by atoms with Gasteiger partial charge in [-0.3, -0.25) is 24.6 Å². The molecule has 4 aliphatic heterocycles. The van der Waals surface area contributed by atoms with Crippen LogP contribution < -0.4 is 10.2 Å². The Morgan fingerprint density at radius 3 is 2.37 bits per heavy atom. The summed E-state index contributed by atoms with van der Waals surface area (Å²) in [5.41, 5.74) is 9.28. The van der Waals surface area contributed by atoms with Gasteiger partial charge in [0.1, 0.15) is 17.7 Å². The number of aromatic nitrogens is 3. The van der Waals surface area contributed by atoms with Gasteiger partial charge in [0, 0.05) is 68.4 Å². The zero-order valence-corrected chi connectivity index (χ0v) is 34.3. The summed E-state index contributed by atoms with van der Waals surface area (Å²) in [5, 5.41) is 16.9. The molecule has 2 aromatic heterocycles. The topological polar surface area (TPSA) is 127 Å². The van der Waals surface area contributed by atoms with Crippen molar-refractivity contribution in [3.8, 4) is 22.4 Å². The van der Waals surface area contributed by atoms with Gasteiger partial charge in [0.15, 0.2) is 5.65 Å². The number of aliphatic hydroxyl groups excluding tert-OH is 1. The Labute approximate surface area is 350 Å². The number of β-amino-alcohol motifs (C(OH)–C–C–N with tert-alkyl or cyclic N) is 1. The van der Waals surface area contributed by atoms with Gasteiger partial charge in [-0.05, 0) is 111 Å². The lowest BCUT2D eigenvalue weighted by Crippen LogP contribution is -2.52. The van der Waals surface area contributed by atoms with Crippen LogP contribution in [0, 0.1) is 12.7 Å². The van der Waals surface area contributed by atoms with E-state index in [0.29, 0.717) is 12.1 Å². The Bertz CT molecular complexity index is 2400. The molecule has 3 aromatic carbocycles. The maximum Gasteiger partial charge on any atom is 0.255 e. The highest BCUT2D eigenvalue weighted by Gasteiger charge is 2.41. The highest BCUT2D eigenvalue weighted by molar-refractivity contribution is 6.05. The number of aryl methyl sites for hydroxylation is 2. The largest absolute Gasteiger partial charge is 0.395 e. The Morgan fingerprint density at radius 2 is 1.60 bits per heavy atom. The number of piperidine rings is 2. The molecule has 60 heavy (non-hydrogen) atoms. The van der Waals surface area contributed by atoms with Crippen LogP contribution in [0.15, 0.2) is 72.8 Å². The molecule has 0 spiro atoms. The van der Waals surface area contributed by atoms with Crippen molar-refractivity contribution in [2.45, 2.75) is 70.4 Å². The predicted octanol–water partition coefficient (Wildman–Crippen LogP) is 5.59. The van der Waals surface area contributed by atoms with Crippen molar-refractivity contribution in [3.05, 3.63) is 107 Å². The van der Waals surface area contributed by atoms with Crippen LogP contribution in [-0.4, -0.2) is 117 Å². The summed E-state index contributed by atoms with van der Waals surface area (Å²) in [7, 11) is 0. The third kappa shape index (κ3) is 8.05. The summed E-state index contributed by atoms with van der Waals surface area (Å²) in [5.74, 6) is -0.366. The van der Waals surface area contributed by atoms with Crippen molar-refractivity contribution in [2.24, 2.45) is 0 Å². The molecule has 6 heterocycles. The monoisotopic (exact) mass is 812 g/mol. The van der Waals surface area contributed by atoms with E-state index in [1.807, 2.05) is 10.6 Å². The number of imide groups is 1. The number of hydrogen-bond acceptors (Lipinski definition) is 9. The van der Waals surface area contributed by atoms with Gasteiger partial charge in [0.05, 0.1) is 18.0 Å². The molecule has 9 rings (SSSR count). The standard InChI is InChI=1S/C47H53FN8O4/c1-31-44(34-10-3-2-4-11-34)45-49-40(29-43(56(45)51-31)54-22-20-53(21-23-54)24-25-57)35-12-7-9-32(26-35)8-5-6-17-52-18-15-33(16-19-52)37-27-36(48)28-38-39(37)30-55(47(38)60)41-13-14-42(58)50-46(41)59/h2-4,7,9-12,26-29,33,41,57H,5-6,8,13-25,30H2,1H3,(H,50,58,59). The average molecular weight is 813 g/mol. The van der Waals surface area contributed by atoms with E-state index in [1.54, 1.807) is 6.07 Å². The summed E-state index contributed by atoms with van der Waals surface area (Å²) in [6, 6.07) is 23.5. The SMILES string of the molecule is Cc1nn2c(N3CCN(CCO)CC3)cc(-c3cccc(CCCCN4CCC(c5cc(F)cc6c5CN(C5CCC(=O)NC5=O)C6=O)CC4)c3)nc2c1-c1ccccc1. The second-order valence-corrected chi connectivity index (χ2v) is 16.8. The summed E-state index contributed by atoms with van der Waals surface area (Å²) >= 11 is 0. The molecule has 2 N–H and O–H groups in total. The number of piperazine rings is 1. The van der Waals surface area contributed by atoms with Gasteiger partial charge < -0.3 is 19.8 Å². The number of likely N-dealkylation sites (tertiary alicyclic amines) is 1. The number of fused-ring (bicyclic) bond motifs is 2. The van der Waals surface area contributed by atoms with E-state index < -0.39 is 17.8 Å². The first kappa shape index (κ1) is 39.9. The minimum atomic E-state index is -0.716. The first-order valence-corrected chi connectivity index (χ1v) is 21.6. The lowest BCUT2D eigenvalue weighted by atomic mass is 9.85. The highest BCUT2D eigenvalue weighted by atomic mass is 19.1. The van der Waals surface area contributed by atoms with E-state index >= 15 is 0 Å². The molecule has 3 amide bonds. The van der Waals surface area contributed by atoms with Gasteiger partial charge in [-0.1, -0.05) is 48.5 Å². The van der Waals surface area contributed by atoms with Gasteiger partial charge in [0.25, 0.3) is 5.91 Å². The summed E-state index contributed by atoms with van der Waals surface area (Å²) in [4.78, 5) is 51.7. The minimum absolute atomic E-state index is 0.141.